The summed E-state index contributed by atoms with van der Waals surface area (Å²) < 4.78 is 1.23. The zero-order valence-electron chi connectivity index (χ0n) is 15.2. The highest BCUT2D eigenvalue weighted by molar-refractivity contribution is 5.95. The van der Waals surface area contributed by atoms with Crippen LogP contribution < -0.4 is 5.56 Å². The van der Waals surface area contributed by atoms with E-state index in [0.29, 0.717) is 21.8 Å². The number of para-hydroxylation sites is 1. The van der Waals surface area contributed by atoms with E-state index in [-0.39, 0.29) is 17.1 Å². The number of amides is 1. The smallest absolute Gasteiger partial charge is 0.287 e. The van der Waals surface area contributed by atoms with Crippen LogP contribution >= 0.6 is 0 Å². The molecule has 0 spiro atoms. The molecule has 0 radical (unpaired) electrons. The summed E-state index contributed by atoms with van der Waals surface area (Å²) >= 11 is 0. The first kappa shape index (κ1) is 17.6. The lowest BCUT2D eigenvalue weighted by molar-refractivity contribution is -0.121. The Balaban J connectivity index is 1.67. The predicted molar refractivity (Wildman–Crippen MR) is 105 cm³/mol. The average molecular weight is 375 g/mol. The van der Waals surface area contributed by atoms with Crippen molar-refractivity contribution in [2.45, 2.75) is 19.9 Å². The SMILES string of the molecule is Cc1ccc2[nH]c(O)c(N=NC(=O)[C@H](C)n3cnc4ccccc4c3=O)c2c1. The first-order valence-electron chi connectivity index (χ1n) is 8.68. The lowest BCUT2D eigenvalue weighted by atomic mass is 10.1. The Labute approximate surface area is 159 Å². The van der Waals surface area contributed by atoms with Gasteiger partial charge in [-0.25, -0.2) is 4.98 Å². The Morgan fingerprint density at radius 2 is 2.00 bits per heavy atom. The average Bonchev–Trinajstić information content (AvgIpc) is 3.00. The lowest BCUT2D eigenvalue weighted by Gasteiger charge is -2.11. The normalized spacial score (nSPS) is 12.8. The monoisotopic (exact) mass is 375 g/mol. The van der Waals surface area contributed by atoms with Gasteiger partial charge in [-0.2, -0.15) is 0 Å². The van der Waals surface area contributed by atoms with E-state index in [4.69, 9.17) is 0 Å². The molecule has 0 saturated heterocycles. The van der Waals surface area contributed by atoms with Gasteiger partial charge < -0.3 is 10.1 Å². The second-order valence-electron chi connectivity index (χ2n) is 6.56. The molecule has 4 aromatic rings. The summed E-state index contributed by atoms with van der Waals surface area (Å²) in [6.07, 6.45) is 1.33. The third-order valence-electron chi connectivity index (χ3n) is 4.62. The largest absolute Gasteiger partial charge is 0.493 e. The molecular formula is C20H17N5O3. The Bertz CT molecular complexity index is 1300. The molecule has 0 unspecified atom stereocenters. The highest BCUT2D eigenvalue weighted by Gasteiger charge is 2.18. The van der Waals surface area contributed by atoms with E-state index in [1.807, 2.05) is 25.1 Å². The maximum Gasteiger partial charge on any atom is 0.287 e. The Kier molecular flexibility index (Phi) is 4.23. The summed E-state index contributed by atoms with van der Waals surface area (Å²) in [5.41, 5.74) is 2.09. The Morgan fingerprint density at radius 3 is 2.82 bits per heavy atom. The van der Waals surface area contributed by atoms with Gasteiger partial charge in [0.05, 0.1) is 22.7 Å². The van der Waals surface area contributed by atoms with Gasteiger partial charge in [0, 0.05) is 5.39 Å². The quantitative estimate of drug-likeness (QED) is 0.531. The molecule has 4 rings (SSSR count). The molecule has 2 aromatic heterocycles. The van der Waals surface area contributed by atoms with Crippen LogP contribution in [-0.4, -0.2) is 25.5 Å². The first-order chi connectivity index (χ1) is 13.5. The van der Waals surface area contributed by atoms with Gasteiger partial charge in [-0.15, -0.1) is 10.2 Å². The number of benzene rings is 2. The maximum absolute atomic E-state index is 12.6. The zero-order chi connectivity index (χ0) is 19.8. The van der Waals surface area contributed by atoms with E-state index >= 15 is 0 Å². The molecule has 2 N–H and O–H groups in total. The van der Waals surface area contributed by atoms with Gasteiger partial charge in [-0.3, -0.25) is 14.2 Å². The van der Waals surface area contributed by atoms with Crippen molar-refractivity contribution in [3.63, 3.8) is 0 Å². The van der Waals surface area contributed by atoms with Crippen molar-refractivity contribution in [3.8, 4) is 5.88 Å². The first-order valence-corrected chi connectivity index (χ1v) is 8.68. The van der Waals surface area contributed by atoms with E-state index in [1.54, 1.807) is 31.2 Å². The Hall–Kier alpha value is -3.81. The van der Waals surface area contributed by atoms with E-state index in [0.717, 1.165) is 5.56 Å². The standard InChI is InChI=1S/C20H17N5O3/c1-11-7-8-16-14(9-11)17(19(27)22-16)23-24-18(26)12(2)25-10-21-15-6-4-3-5-13(15)20(25)28/h3-10,12,22,27H,1-2H3/t12-/m0/s1. The van der Waals surface area contributed by atoms with Gasteiger partial charge in [0.2, 0.25) is 5.88 Å². The molecule has 1 atom stereocenters. The van der Waals surface area contributed by atoms with Crippen LogP contribution in [0.5, 0.6) is 5.88 Å². The van der Waals surface area contributed by atoms with Crippen molar-refractivity contribution in [1.29, 1.82) is 0 Å². The number of fused-ring (bicyclic) bond motifs is 2. The summed E-state index contributed by atoms with van der Waals surface area (Å²) in [4.78, 5) is 32.1. The summed E-state index contributed by atoms with van der Waals surface area (Å²) in [6.45, 7) is 3.47. The molecule has 0 aliphatic carbocycles. The third kappa shape index (κ3) is 2.94. The molecule has 0 aliphatic rings. The molecule has 8 heteroatoms. The highest BCUT2D eigenvalue weighted by Crippen LogP contribution is 2.36. The molecule has 2 aromatic carbocycles. The van der Waals surface area contributed by atoms with Gasteiger partial charge in [-0.1, -0.05) is 23.8 Å². The number of nitrogens with one attached hydrogen (secondary N) is 1. The summed E-state index contributed by atoms with van der Waals surface area (Å²) in [7, 11) is 0. The summed E-state index contributed by atoms with van der Waals surface area (Å²) in [6, 6.07) is 11.6. The minimum atomic E-state index is -0.887. The molecule has 0 fully saturated rings. The van der Waals surface area contributed by atoms with Gasteiger partial charge in [-0.05, 0) is 38.1 Å². The van der Waals surface area contributed by atoms with Gasteiger partial charge in [0.1, 0.15) is 6.04 Å². The van der Waals surface area contributed by atoms with E-state index < -0.39 is 11.9 Å². The molecule has 28 heavy (non-hydrogen) atoms. The number of hydrogen-bond acceptors (Lipinski definition) is 5. The van der Waals surface area contributed by atoms with Gasteiger partial charge in [0.25, 0.3) is 11.5 Å². The van der Waals surface area contributed by atoms with Crippen LogP contribution in [0.1, 0.15) is 18.5 Å². The predicted octanol–water partition coefficient (Wildman–Crippen LogP) is 3.76. The number of hydrogen-bond donors (Lipinski definition) is 2. The molecule has 140 valence electrons. The van der Waals surface area contributed by atoms with Crippen LogP contribution in [0, 0.1) is 6.92 Å². The molecule has 0 aliphatic heterocycles. The Morgan fingerprint density at radius 1 is 1.21 bits per heavy atom. The van der Waals surface area contributed by atoms with Crippen LogP contribution in [0.15, 0.2) is 63.8 Å². The fourth-order valence-electron chi connectivity index (χ4n) is 3.04. The van der Waals surface area contributed by atoms with Crippen LogP contribution in [0.4, 0.5) is 5.69 Å². The van der Waals surface area contributed by atoms with Crippen LogP contribution in [0.25, 0.3) is 21.8 Å². The number of nitrogens with zero attached hydrogens (tertiary/aromatic N) is 4. The minimum Gasteiger partial charge on any atom is -0.493 e. The minimum absolute atomic E-state index is 0.172. The molecule has 2 heterocycles. The van der Waals surface area contributed by atoms with Crippen molar-refractivity contribution in [1.82, 2.24) is 14.5 Å². The molecule has 8 nitrogen and oxygen atoms in total. The molecule has 1 amide bonds. The number of aromatic hydroxyl groups is 1. The van der Waals surface area contributed by atoms with E-state index in [2.05, 4.69) is 20.2 Å². The van der Waals surface area contributed by atoms with Crippen LogP contribution in [-0.2, 0) is 4.79 Å². The lowest BCUT2D eigenvalue weighted by Crippen LogP contribution is -2.27. The zero-order valence-corrected chi connectivity index (χ0v) is 15.2. The number of rotatable bonds is 3. The number of aromatic nitrogens is 3. The number of carbonyl (C=O) groups is 1. The van der Waals surface area contributed by atoms with Crippen molar-refractivity contribution in [2.24, 2.45) is 10.2 Å². The number of aryl methyl sites for hydroxylation is 1. The topological polar surface area (TPSA) is 113 Å². The van der Waals surface area contributed by atoms with Crippen molar-refractivity contribution in [2.75, 3.05) is 0 Å². The second kappa shape index (κ2) is 6.73. The number of H-pyrrole nitrogens is 1. The fraction of sp³-hybridized carbons (Fsp3) is 0.150. The fourth-order valence-corrected chi connectivity index (χ4v) is 3.04. The van der Waals surface area contributed by atoms with Crippen molar-refractivity contribution < 1.29 is 9.90 Å². The van der Waals surface area contributed by atoms with Gasteiger partial charge in [0.15, 0.2) is 5.69 Å². The molecule has 0 bridgehead atoms. The third-order valence-corrected chi connectivity index (χ3v) is 4.62. The van der Waals surface area contributed by atoms with Crippen LogP contribution in [0.2, 0.25) is 0 Å². The second-order valence-corrected chi connectivity index (χ2v) is 6.56. The number of carbonyl (C=O) groups excluding carboxylic acids is 1. The van der Waals surface area contributed by atoms with Crippen molar-refractivity contribution in [3.05, 3.63) is 64.7 Å². The molecular weight excluding hydrogens is 358 g/mol. The number of azo groups is 1. The number of aromatic amines is 1. The van der Waals surface area contributed by atoms with Crippen molar-refractivity contribution >= 4 is 33.4 Å². The molecule has 0 saturated carbocycles. The maximum atomic E-state index is 12.6. The highest BCUT2D eigenvalue weighted by atomic mass is 16.3. The van der Waals surface area contributed by atoms with Crippen LogP contribution in [0.3, 0.4) is 0 Å². The summed E-state index contributed by atoms with van der Waals surface area (Å²) in [5.74, 6) is -0.796. The van der Waals surface area contributed by atoms with Gasteiger partial charge >= 0.3 is 0 Å². The van der Waals surface area contributed by atoms with E-state index in [1.165, 1.54) is 10.9 Å². The van der Waals surface area contributed by atoms with E-state index in [9.17, 15) is 14.7 Å². The summed E-state index contributed by atoms with van der Waals surface area (Å²) in [5, 5.41) is 18.8.